The molecule has 1 heterocycles. The highest BCUT2D eigenvalue weighted by Gasteiger charge is 2.35. The highest BCUT2D eigenvalue weighted by Crippen LogP contribution is 2.31. The molecule has 14 heavy (non-hydrogen) atoms. The molecule has 80 valence electrons. The Morgan fingerprint density at radius 1 is 1.36 bits per heavy atom. The number of nitrogens with zero attached hydrogens (tertiary/aromatic N) is 2. The molecule has 0 bridgehead atoms. The van der Waals surface area contributed by atoms with Crippen LogP contribution in [0.2, 0.25) is 0 Å². The van der Waals surface area contributed by atoms with Gasteiger partial charge in [0.2, 0.25) is 5.91 Å². The standard InChI is InChI=1S/C11H20N2O/c1-12-7-3-4-10(8-12)13(2)11(14)9-5-6-9/h9-10H,3-8H2,1-2H3. The van der Waals surface area contributed by atoms with E-state index < -0.39 is 0 Å². The second-order valence-electron chi connectivity index (χ2n) is 4.78. The number of hydrogen-bond acceptors (Lipinski definition) is 2. The van der Waals surface area contributed by atoms with Gasteiger partial charge in [-0.3, -0.25) is 4.79 Å². The molecule has 0 aromatic heterocycles. The predicted molar refractivity (Wildman–Crippen MR) is 56.0 cm³/mol. The zero-order valence-corrected chi connectivity index (χ0v) is 9.20. The molecule has 1 aliphatic carbocycles. The molecule has 0 radical (unpaired) electrons. The van der Waals surface area contributed by atoms with Crippen molar-refractivity contribution in [1.82, 2.24) is 9.80 Å². The Kier molecular flexibility index (Phi) is 2.77. The molecular weight excluding hydrogens is 176 g/mol. The first-order chi connectivity index (χ1) is 6.68. The van der Waals surface area contributed by atoms with Crippen LogP contribution in [0, 0.1) is 5.92 Å². The minimum Gasteiger partial charge on any atom is -0.341 e. The van der Waals surface area contributed by atoms with E-state index in [1.54, 1.807) is 0 Å². The summed E-state index contributed by atoms with van der Waals surface area (Å²) in [7, 11) is 4.12. The van der Waals surface area contributed by atoms with Crippen LogP contribution in [0.15, 0.2) is 0 Å². The topological polar surface area (TPSA) is 23.6 Å². The van der Waals surface area contributed by atoms with E-state index in [0.717, 1.165) is 19.4 Å². The molecule has 3 nitrogen and oxygen atoms in total. The maximum atomic E-state index is 11.8. The molecule has 2 fully saturated rings. The van der Waals surface area contributed by atoms with Crippen molar-refractivity contribution in [3.8, 4) is 0 Å². The van der Waals surface area contributed by atoms with Crippen molar-refractivity contribution in [2.45, 2.75) is 31.7 Å². The average molecular weight is 196 g/mol. The third-order valence-electron chi connectivity index (χ3n) is 3.42. The zero-order chi connectivity index (χ0) is 10.1. The molecule has 0 N–H and O–H groups in total. The lowest BCUT2D eigenvalue weighted by Crippen LogP contribution is -2.47. The first-order valence-electron chi connectivity index (χ1n) is 5.63. The van der Waals surface area contributed by atoms with Gasteiger partial charge in [-0.1, -0.05) is 0 Å². The first-order valence-corrected chi connectivity index (χ1v) is 5.63. The zero-order valence-electron chi connectivity index (χ0n) is 9.20. The van der Waals surface area contributed by atoms with Gasteiger partial charge in [0.15, 0.2) is 0 Å². The van der Waals surface area contributed by atoms with Crippen LogP contribution in [0.4, 0.5) is 0 Å². The molecule has 1 aliphatic heterocycles. The largest absolute Gasteiger partial charge is 0.341 e. The maximum Gasteiger partial charge on any atom is 0.225 e. The first kappa shape index (κ1) is 9.97. The molecule has 0 spiro atoms. The van der Waals surface area contributed by atoms with Gasteiger partial charge in [0, 0.05) is 25.6 Å². The molecule has 0 aromatic rings. The number of likely N-dealkylation sites (tertiary alicyclic amines) is 1. The quantitative estimate of drug-likeness (QED) is 0.656. The van der Waals surface area contributed by atoms with E-state index in [9.17, 15) is 4.79 Å². The summed E-state index contributed by atoms with van der Waals surface area (Å²) in [6, 6.07) is 0.460. The van der Waals surface area contributed by atoms with Crippen LogP contribution in [0.25, 0.3) is 0 Å². The molecule has 1 saturated heterocycles. The minimum atomic E-state index is 0.368. The Morgan fingerprint density at radius 3 is 2.64 bits per heavy atom. The fourth-order valence-electron chi connectivity index (χ4n) is 2.25. The minimum absolute atomic E-state index is 0.368. The summed E-state index contributed by atoms with van der Waals surface area (Å²) >= 11 is 0. The molecule has 2 aliphatic rings. The summed E-state index contributed by atoms with van der Waals surface area (Å²) in [5.74, 6) is 0.748. The van der Waals surface area contributed by atoms with Crippen molar-refractivity contribution in [3.05, 3.63) is 0 Å². The number of carbonyl (C=O) groups excluding carboxylic acids is 1. The Bertz CT molecular complexity index is 225. The lowest BCUT2D eigenvalue weighted by Gasteiger charge is -2.36. The van der Waals surface area contributed by atoms with Crippen molar-refractivity contribution in [2.24, 2.45) is 5.92 Å². The Labute approximate surface area is 86.1 Å². The van der Waals surface area contributed by atoms with Crippen LogP contribution in [0.3, 0.4) is 0 Å². The highest BCUT2D eigenvalue weighted by molar-refractivity contribution is 5.81. The molecule has 1 amide bonds. The number of likely N-dealkylation sites (N-methyl/N-ethyl adjacent to an activating group) is 2. The lowest BCUT2D eigenvalue weighted by atomic mass is 10.0. The number of hydrogen-bond donors (Lipinski definition) is 0. The summed E-state index contributed by atoms with van der Waals surface area (Å²) in [6.45, 7) is 2.23. The van der Waals surface area contributed by atoms with Gasteiger partial charge >= 0.3 is 0 Å². The molecule has 3 heteroatoms. The smallest absolute Gasteiger partial charge is 0.225 e. The van der Waals surface area contributed by atoms with Crippen molar-refractivity contribution >= 4 is 5.91 Å². The summed E-state index contributed by atoms with van der Waals surface area (Å²) in [6.07, 6.45) is 4.64. The Hall–Kier alpha value is -0.570. The second kappa shape index (κ2) is 3.89. The van der Waals surface area contributed by atoms with Crippen molar-refractivity contribution in [3.63, 3.8) is 0 Å². The SMILES string of the molecule is CN1CCCC(N(C)C(=O)C2CC2)C1. The van der Waals surface area contributed by atoms with Gasteiger partial charge in [-0.2, -0.15) is 0 Å². The molecule has 1 saturated carbocycles. The van der Waals surface area contributed by atoms with Gasteiger partial charge in [-0.05, 0) is 39.3 Å². The van der Waals surface area contributed by atoms with E-state index in [-0.39, 0.29) is 0 Å². The fraction of sp³-hybridized carbons (Fsp3) is 0.909. The van der Waals surface area contributed by atoms with Gasteiger partial charge < -0.3 is 9.80 Å². The van der Waals surface area contributed by atoms with Gasteiger partial charge in [0.25, 0.3) is 0 Å². The summed E-state index contributed by atoms with van der Waals surface area (Å²) in [4.78, 5) is 16.1. The normalized spacial score (nSPS) is 28.9. The van der Waals surface area contributed by atoms with Gasteiger partial charge in [0.1, 0.15) is 0 Å². The molecule has 1 atom stereocenters. The van der Waals surface area contributed by atoms with E-state index in [1.807, 2.05) is 11.9 Å². The Balaban J connectivity index is 1.89. The highest BCUT2D eigenvalue weighted by atomic mass is 16.2. The van der Waals surface area contributed by atoms with E-state index in [0.29, 0.717) is 17.9 Å². The van der Waals surface area contributed by atoms with Crippen LogP contribution in [-0.2, 0) is 4.79 Å². The van der Waals surface area contributed by atoms with E-state index in [2.05, 4.69) is 11.9 Å². The van der Waals surface area contributed by atoms with E-state index in [4.69, 9.17) is 0 Å². The monoisotopic (exact) mass is 196 g/mol. The van der Waals surface area contributed by atoms with Gasteiger partial charge in [0.05, 0.1) is 0 Å². The van der Waals surface area contributed by atoms with Crippen LogP contribution < -0.4 is 0 Å². The van der Waals surface area contributed by atoms with Crippen molar-refractivity contribution in [2.75, 3.05) is 27.2 Å². The van der Waals surface area contributed by atoms with Crippen LogP contribution in [0.5, 0.6) is 0 Å². The van der Waals surface area contributed by atoms with Crippen molar-refractivity contribution in [1.29, 1.82) is 0 Å². The maximum absolute atomic E-state index is 11.8. The van der Waals surface area contributed by atoms with Crippen LogP contribution >= 0.6 is 0 Å². The third-order valence-corrected chi connectivity index (χ3v) is 3.42. The summed E-state index contributed by atoms with van der Waals surface area (Å²) in [5, 5.41) is 0. The number of amides is 1. The van der Waals surface area contributed by atoms with Crippen molar-refractivity contribution < 1.29 is 4.79 Å². The summed E-state index contributed by atoms with van der Waals surface area (Å²) < 4.78 is 0. The van der Waals surface area contributed by atoms with Gasteiger partial charge in [-0.25, -0.2) is 0 Å². The van der Waals surface area contributed by atoms with Gasteiger partial charge in [-0.15, -0.1) is 0 Å². The van der Waals surface area contributed by atoms with E-state index in [1.165, 1.54) is 19.4 Å². The third kappa shape index (κ3) is 2.08. The lowest BCUT2D eigenvalue weighted by molar-refractivity contribution is -0.134. The average Bonchev–Trinajstić information content (AvgIpc) is 2.99. The Morgan fingerprint density at radius 2 is 2.07 bits per heavy atom. The number of piperidine rings is 1. The van der Waals surface area contributed by atoms with E-state index >= 15 is 0 Å². The molecular formula is C11H20N2O. The predicted octanol–water partition coefficient (Wildman–Crippen LogP) is 0.949. The fourth-order valence-corrected chi connectivity index (χ4v) is 2.25. The number of rotatable bonds is 2. The molecule has 2 rings (SSSR count). The second-order valence-corrected chi connectivity index (χ2v) is 4.78. The number of carbonyl (C=O) groups is 1. The van der Waals surface area contributed by atoms with Crippen LogP contribution in [0.1, 0.15) is 25.7 Å². The molecule has 0 aromatic carbocycles. The summed E-state index contributed by atoms with van der Waals surface area (Å²) in [5.41, 5.74) is 0. The molecule has 1 unspecified atom stereocenters. The van der Waals surface area contributed by atoms with Crippen LogP contribution in [-0.4, -0.2) is 48.9 Å².